The zero-order valence-corrected chi connectivity index (χ0v) is 23.9. The van der Waals surface area contributed by atoms with Crippen molar-refractivity contribution in [2.45, 2.75) is 104 Å². The van der Waals surface area contributed by atoms with E-state index in [2.05, 4.69) is 16.0 Å². The van der Waals surface area contributed by atoms with Crippen LogP contribution in [0.5, 0.6) is 0 Å². The Kier molecular flexibility index (Phi) is 13.3. The topological polar surface area (TPSA) is 292 Å². The van der Waals surface area contributed by atoms with Gasteiger partial charge in [-0.1, -0.05) is 0 Å². The van der Waals surface area contributed by atoms with Crippen molar-refractivity contribution in [1.82, 2.24) is 16.0 Å². The second-order valence-electron chi connectivity index (χ2n) is 11.8. The minimum Gasteiger partial charge on any atom is -0.395 e. The number of likely N-dealkylation sites (N-methyl/N-ethyl adjacent to an activating group) is 1. The van der Waals surface area contributed by atoms with Crippen LogP contribution in [0.25, 0.3) is 0 Å². The molecule has 0 aromatic rings. The summed E-state index contributed by atoms with van der Waals surface area (Å²) in [4.78, 5) is 0. The first-order chi connectivity index (χ1) is 19.8. The van der Waals surface area contributed by atoms with Crippen LogP contribution < -0.4 is 21.7 Å². The van der Waals surface area contributed by atoms with Gasteiger partial charge in [-0.2, -0.15) is 0 Å². The SMILES string of the molecule is CNC1C(O)C(OC2C(NC(CO)CO)CC(N)C(C3OC(CNCC(O)CO)C(O)C(O)C3O)C2O)OCC1(C)O. The van der Waals surface area contributed by atoms with Crippen molar-refractivity contribution in [1.29, 1.82) is 0 Å². The number of hydrogen-bond acceptors (Lipinski definition) is 17. The molecule has 0 bridgehead atoms. The monoisotopic (exact) mass is 614 g/mol. The van der Waals surface area contributed by atoms with Crippen molar-refractivity contribution in [2.24, 2.45) is 11.7 Å². The Morgan fingerprint density at radius 2 is 1.64 bits per heavy atom. The predicted molar refractivity (Wildman–Crippen MR) is 144 cm³/mol. The molecule has 2 saturated heterocycles. The Morgan fingerprint density at radius 3 is 2.24 bits per heavy atom. The van der Waals surface area contributed by atoms with Gasteiger partial charge in [-0.15, -0.1) is 0 Å². The minimum absolute atomic E-state index is 0.0394. The van der Waals surface area contributed by atoms with Gasteiger partial charge in [0.2, 0.25) is 0 Å². The summed E-state index contributed by atoms with van der Waals surface area (Å²) >= 11 is 0. The molecule has 248 valence electrons. The van der Waals surface area contributed by atoms with E-state index in [1.54, 1.807) is 7.05 Å². The van der Waals surface area contributed by atoms with Gasteiger partial charge < -0.3 is 87.0 Å². The van der Waals surface area contributed by atoms with E-state index in [1.807, 2.05) is 0 Å². The fourth-order valence-corrected chi connectivity index (χ4v) is 6.18. The first kappa shape index (κ1) is 35.8. The highest BCUT2D eigenvalue weighted by Crippen LogP contribution is 2.37. The van der Waals surface area contributed by atoms with Gasteiger partial charge in [-0.3, -0.25) is 0 Å². The third kappa shape index (κ3) is 7.93. The molecule has 0 radical (unpaired) electrons. The third-order valence-electron chi connectivity index (χ3n) is 8.54. The second-order valence-corrected chi connectivity index (χ2v) is 11.8. The number of ether oxygens (including phenoxy) is 3. The van der Waals surface area contributed by atoms with Gasteiger partial charge in [-0.05, 0) is 20.4 Å². The molecule has 2 aliphatic heterocycles. The molecule has 17 nitrogen and oxygen atoms in total. The molecule has 3 aliphatic rings. The lowest BCUT2D eigenvalue weighted by molar-refractivity contribution is -0.304. The summed E-state index contributed by atoms with van der Waals surface area (Å²) in [5.74, 6) is -1.08. The van der Waals surface area contributed by atoms with Gasteiger partial charge in [0.1, 0.15) is 36.1 Å². The summed E-state index contributed by atoms with van der Waals surface area (Å²) in [6.07, 6.45) is -13.7. The van der Waals surface area contributed by atoms with Crippen molar-refractivity contribution in [3.8, 4) is 0 Å². The molecule has 0 aromatic heterocycles. The zero-order valence-electron chi connectivity index (χ0n) is 23.9. The first-order valence-electron chi connectivity index (χ1n) is 14.3. The maximum Gasteiger partial charge on any atom is 0.185 e. The minimum atomic E-state index is -1.68. The van der Waals surface area contributed by atoms with Crippen LogP contribution in [0.3, 0.4) is 0 Å². The summed E-state index contributed by atoms with van der Waals surface area (Å²) in [6.45, 7) is -0.248. The molecule has 0 spiro atoms. The van der Waals surface area contributed by atoms with Gasteiger partial charge in [0.25, 0.3) is 0 Å². The maximum absolute atomic E-state index is 11.7. The fourth-order valence-electron chi connectivity index (χ4n) is 6.18. The van der Waals surface area contributed by atoms with Gasteiger partial charge in [0, 0.05) is 31.1 Å². The van der Waals surface area contributed by atoms with Gasteiger partial charge in [0.05, 0.1) is 62.9 Å². The average Bonchev–Trinajstić information content (AvgIpc) is 2.95. The largest absolute Gasteiger partial charge is 0.395 e. The molecule has 0 aromatic carbocycles. The number of aliphatic hydroxyl groups is 10. The lowest BCUT2D eigenvalue weighted by Crippen LogP contribution is -2.71. The van der Waals surface area contributed by atoms with E-state index in [-0.39, 0.29) is 26.1 Å². The number of aliphatic hydroxyl groups excluding tert-OH is 9. The van der Waals surface area contributed by atoms with Crippen LogP contribution in [-0.2, 0) is 14.2 Å². The number of nitrogens with one attached hydrogen (secondary N) is 3. The Hall–Kier alpha value is -0.680. The smallest absolute Gasteiger partial charge is 0.185 e. The van der Waals surface area contributed by atoms with Crippen LogP contribution >= 0.6 is 0 Å². The molecule has 3 fully saturated rings. The molecule has 42 heavy (non-hydrogen) atoms. The van der Waals surface area contributed by atoms with E-state index in [1.165, 1.54) is 6.92 Å². The van der Waals surface area contributed by atoms with Gasteiger partial charge >= 0.3 is 0 Å². The first-order valence-corrected chi connectivity index (χ1v) is 14.3. The van der Waals surface area contributed by atoms with Crippen LogP contribution in [0.2, 0.25) is 0 Å². The van der Waals surface area contributed by atoms with Crippen molar-refractivity contribution >= 4 is 0 Å². The fraction of sp³-hybridized carbons (Fsp3) is 1.00. The van der Waals surface area contributed by atoms with Crippen LogP contribution in [0.15, 0.2) is 0 Å². The number of rotatable bonds is 13. The Bertz CT molecular complexity index is 814. The molecule has 1 aliphatic carbocycles. The predicted octanol–water partition coefficient (Wildman–Crippen LogP) is -7.76. The van der Waals surface area contributed by atoms with Gasteiger partial charge in [-0.25, -0.2) is 0 Å². The van der Waals surface area contributed by atoms with Crippen LogP contribution in [0.1, 0.15) is 13.3 Å². The van der Waals surface area contributed by atoms with Crippen LogP contribution in [0.4, 0.5) is 0 Å². The Morgan fingerprint density at radius 1 is 0.976 bits per heavy atom. The van der Waals surface area contributed by atoms with Crippen LogP contribution in [-0.4, -0.2) is 189 Å². The molecule has 3 rings (SSSR count). The summed E-state index contributed by atoms with van der Waals surface area (Å²) in [6, 6.07) is -3.35. The van der Waals surface area contributed by atoms with Crippen molar-refractivity contribution in [3.63, 3.8) is 0 Å². The number of nitrogens with two attached hydrogens (primary N) is 1. The Balaban J connectivity index is 1.86. The number of hydrogen-bond donors (Lipinski definition) is 14. The lowest BCUT2D eigenvalue weighted by atomic mass is 9.72. The van der Waals surface area contributed by atoms with Gasteiger partial charge in [0.15, 0.2) is 6.29 Å². The van der Waals surface area contributed by atoms with E-state index < -0.39 is 117 Å². The molecular formula is C25H50N4O13. The summed E-state index contributed by atoms with van der Waals surface area (Å²) in [5.41, 5.74) is 5.04. The summed E-state index contributed by atoms with van der Waals surface area (Å²) in [5, 5.41) is 112. The van der Waals surface area contributed by atoms with Crippen molar-refractivity contribution < 1.29 is 65.3 Å². The lowest BCUT2D eigenvalue weighted by Gasteiger charge is -2.52. The van der Waals surface area contributed by atoms with E-state index in [9.17, 15) is 46.0 Å². The standard InChI is InChI=1S/C25H50N4O13/c1-25(39)9-40-24(20(38)23(25)27-2)42-21-13(29-10(6-30)7-31)3-12(26)15(17(21)35)22-19(37)18(36)16(34)14(41-22)5-28-4-11(33)8-32/h10-24,27-39H,3-9,26H2,1-2H3. The summed E-state index contributed by atoms with van der Waals surface area (Å²) in [7, 11) is 1.55. The molecule has 15 unspecified atom stereocenters. The summed E-state index contributed by atoms with van der Waals surface area (Å²) < 4.78 is 17.7. The highest BCUT2D eigenvalue weighted by atomic mass is 16.7. The molecule has 15 N–H and O–H groups in total. The van der Waals surface area contributed by atoms with E-state index in [0.29, 0.717) is 0 Å². The van der Waals surface area contributed by atoms with Crippen LogP contribution in [0, 0.1) is 5.92 Å². The highest BCUT2D eigenvalue weighted by molar-refractivity contribution is 5.07. The van der Waals surface area contributed by atoms with E-state index in [0.717, 1.165) is 0 Å². The maximum atomic E-state index is 11.7. The molecule has 2 heterocycles. The quantitative estimate of drug-likeness (QED) is 0.0916. The molecule has 1 saturated carbocycles. The second kappa shape index (κ2) is 15.5. The van der Waals surface area contributed by atoms with E-state index in [4.69, 9.17) is 25.1 Å². The highest BCUT2D eigenvalue weighted by Gasteiger charge is 2.56. The molecule has 15 atom stereocenters. The third-order valence-corrected chi connectivity index (χ3v) is 8.54. The molecule has 17 heteroatoms. The zero-order chi connectivity index (χ0) is 31.4. The Labute approximate surface area is 244 Å². The van der Waals surface area contributed by atoms with E-state index >= 15 is 0 Å². The van der Waals surface area contributed by atoms with Crippen molar-refractivity contribution in [2.75, 3.05) is 46.6 Å². The van der Waals surface area contributed by atoms with Crippen molar-refractivity contribution in [3.05, 3.63) is 0 Å². The molecular weight excluding hydrogens is 564 g/mol. The average molecular weight is 615 g/mol. The molecule has 0 amide bonds. The normalized spacial score (nSPS) is 45.7.